The van der Waals surface area contributed by atoms with E-state index in [1.165, 1.54) is 49.7 Å². The fraction of sp³-hybridized carbons (Fsp3) is 0.478. The van der Waals surface area contributed by atoms with Crippen molar-refractivity contribution in [2.45, 2.75) is 64.6 Å². The van der Waals surface area contributed by atoms with Crippen molar-refractivity contribution in [3.8, 4) is 5.75 Å². The zero-order chi connectivity index (χ0) is 17.3. The highest BCUT2D eigenvalue weighted by Gasteiger charge is 2.16. The molecule has 0 aromatic heterocycles. The van der Waals surface area contributed by atoms with Crippen LogP contribution >= 0.6 is 0 Å². The van der Waals surface area contributed by atoms with Gasteiger partial charge in [-0.25, -0.2) is 0 Å². The third-order valence-electron chi connectivity index (χ3n) is 5.26. The number of rotatable bonds is 8. The molecule has 0 saturated heterocycles. The van der Waals surface area contributed by atoms with Gasteiger partial charge in [0, 0.05) is 18.2 Å². The molecule has 2 nitrogen and oxygen atoms in total. The van der Waals surface area contributed by atoms with Gasteiger partial charge in [-0.3, -0.25) is 0 Å². The van der Waals surface area contributed by atoms with Crippen molar-refractivity contribution < 1.29 is 4.74 Å². The number of para-hydroxylation sites is 1. The average molecular weight is 338 g/mol. The van der Waals surface area contributed by atoms with Crippen molar-refractivity contribution in [3.05, 3.63) is 65.7 Å². The zero-order valence-electron chi connectivity index (χ0n) is 15.4. The molecule has 1 aliphatic rings. The molecule has 0 spiro atoms. The molecule has 1 fully saturated rings. The van der Waals surface area contributed by atoms with Crippen molar-refractivity contribution in [3.63, 3.8) is 0 Å². The molecule has 1 atom stereocenters. The van der Waals surface area contributed by atoms with Crippen LogP contribution in [0.3, 0.4) is 0 Å². The average Bonchev–Trinajstić information content (AvgIpc) is 2.67. The number of ether oxygens (including phenoxy) is 1. The predicted molar refractivity (Wildman–Crippen MR) is 105 cm³/mol. The van der Waals surface area contributed by atoms with Crippen LogP contribution in [0.15, 0.2) is 54.6 Å². The lowest BCUT2D eigenvalue weighted by Gasteiger charge is -2.25. The first-order chi connectivity index (χ1) is 12.3. The Morgan fingerprint density at radius 3 is 2.48 bits per heavy atom. The summed E-state index contributed by atoms with van der Waals surface area (Å²) in [5.41, 5.74) is 2.45. The van der Waals surface area contributed by atoms with Crippen LogP contribution in [0.1, 0.15) is 56.6 Å². The van der Waals surface area contributed by atoms with Gasteiger partial charge >= 0.3 is 0 Å². The Hall–Kier alpha value is -1.80. The number of hydrogen-bond donors (Lipinski definition) is 1. The van der Waals surface area contributed by atoms with Crippen molar-refractivity contribution >= 4 is 0 Å². The molecule has 25 heavy (non-hydrogen) atoms. The summed E-state index contributed by atoms with van der Waals surface area (Å²) in [6, 6.07) is 19.3. The molecule has 0 heterocycles. The van der Waals surface area contributed by atoms with Crippen molar-refractivity contribution in [1.29, 1.82) is 0 Å². The Morgan fingerprint density at radius 1 is 0.960 bits per heavy atom. The highest BCUT2D eigenvalue weighted by molar-refractivity contribution is 5.33. The van der Waals surface area contributed by atoms with Crippen LogP contribution < -0.4 is 10.1 Å². The van der Waals surface area contributed by atoms with Gasteiger partial charge in [0.2, 0.25) is 0 Å². The Morgan fingerprint density at radius 2 is 1.68 bits per heavy atom. The molecular weight excluding hydrogens is 306 g/mol. The Labute approximate surface area is 152 Å². The summed E-state index contributed by atoms with van der Waals surface area (Å²) in [5, 5.41) is 3.70. The van der Waals surface area contributed by atoms with Gasteiger partial charge in [0.25, 0.3) is 0 Å². The quantitative estimate of drug-likeness (QED) is 0.666. The van der Waals surface area contributed by atoms with Crippen LogP contribution in [0.4, 0.5) is 0 Å². The second-order valence-electron chi connectivity index (χ2n) is 7.40. The molecule has 0 bridgehead atoms. The standard InChI is InChI=1S/C23H31NO/c1-19(16-20-10-4-2-5-11-20)24-17-22-14-8-9-15-23(22)25-18-21-12-6-3-7-13-21/h3,6-9,12-15,19-20,24H,2,4-5,10-11,16-18H2,1H3/t19-/m0/s1. The topological polar surface area (TPSA) is 21.3 Å². The fourth-order valence-electron chi connectivity index (χ4n) is 3.82. The van der Waals surface area contributed by atoms with Gasteiger partial charge in [0.05, 0.1) is 0 Å². The van der Waals surface area contributed by atoms with E-state index in [9.17, 15) is 0 Å². The molecule has 1 N–H and O–H groups in total. The van der Waals surface area contributed by atoms with Crippen molar-refractivity contribution in [2.75, 3.05) is 0 Å². The van der Waals surface area contributed by atoms with Gasteiger partial charge in [-0.1, -0.05) is 80.6 Å². The molecule has 0 unspecified atom stereocenters. The van der Waals surface area contributed by atoms with E-state index in [-0.39, 0.29) is 0 Å². The van der Waals surface area contributed by atoms with E-state index in [0.717, 1.165) is 18.2 Å². The van der Waals surface area contributed by atoms with Gasteiger partial charge in [-0.15, -0.1) is 0 Å². The van der Waals surface area contributed by atoms with Crippen molar-refractivity contribution in [1.82, 2.24) is 5.32 Å². The maximum absolute atomic E-state index is 6.07. The van der Waals surface area contributed by atoms with E-state index in [2.05, 4.69) is 60.8 Å². The molecule has 2 heteroatoms. The molecule has 2 aromatic rings. The third-order valence-corrected chi connectivity index (χ3v) is 5.26. The third kappa shape index (κ3) is 5.89. The summed E-state index contributed by atoms with van der Waals surface area (Å²) in [7, 11) is 0. The molecule has 3 rings (SSSR count). The minimum atomic E-state index is 0.560. The van der Waals surface area contributed by atoms with Crippen LogP contribution in [0.25, 0.3) is 0 Å². The first-order valence-corrected chi connectivity index (χ1v) is 9.79. The molecule has 0 amide bonds. The molecule has 1 aliphatic carbocycles. The summed E-state index contributed by atoms with van der Waals surface area (Å²) in [5.74, 6) is 1.91. The molecule has 0 radical (unpaired) electrons. The van der Waals surface area contributed by atoms with E-state index in [1.807, 2.05) is 6.07 Å². The van der Waals surface area contributed by atoms with Crippen LogP contribution in [0.5, 0.6) is 5.75 Å². The maximum Gasteiger partial charge on any atom is 0.124 e. The first-order valence-electron chi connectivity index (χ1n) is 9.79. The van der Waals surface area contributed by atoms with E-state index >= 15 is 0 Å². The van der Waals surface area contributed by atoms with E-state index in [4.69, 9.17) is 4.74 Å². The number of hydrogen-bond acceptors (Lipinski definition) is 2. The summed E-state index contributed by atoms with van der Waals surface area (Å²) in [6.45, 7) is 3.82. The minimum absolute atomic E-state index is 0.560. The van der Waals surface area contributed by atoms with Gasteiger partial charge in [-0.05, 0) is 30.9 Å². The summed E-state index contributed by atoms with van der Waals surface area (Å²) in [4.78, 5) is 0. The van der Waals surface area contributed by atoms with Gasteiger partial charge in [-0.2, -0.15) is 0 Å². The summed E-state index contributed by atoms with van der Waals surface area (Å²) in [6.07, 6.45) is 8.42. The molecule has 2 aromatic carbocycles. The zero-order valence-corrected chi connectivity index (χ0v) is 15.4. The predicted octanol–water partition coefficient (Wildman–Crippen LogP) is 5.71. The number of nitrogens with one attached hydrogen (secondary N) is 1. The van der Waals surface area contributed by atoms with Gasteiger partial charge < -0.3 is 10.1 Å². The van der Waals surface area contributed by atoms with Crippen LogP contribution in [-0.2, 0) is 13.2 Å². The minimum Gasteiger partial charge on any atom is -0.489 e. The SMILES string of the molecule is C[C@@H](CC1CCCCC1)NCc1ccccc1OCc1ccccc1. The van der Waals surface area contributed by atoms with E-state index in [1.54, 1.807) is 0 Å². The highest BCUT2D eigenvalue weighted by Crippen LogP contribution is 2.27. The Bertz CT molecular complexity index is 619. The lowest BCUT2D eigenvalue weighted by molar-refractivity contribution is 0.294. The van der Waals surface area contributed by atoms with E-state index in [0.29, 0.717) is 12.6 Å². The normalized spacial score (nSPS) is 16.5. The lowest BCUT2D eigenvalue weighted by Crippen LogP contribution is -2.28. The first kappa shape index (κ1) is 18.0. The lowest BCUT2D eigenvalue weighted by atomic mass is 9.85. The Balaban J connectivity index is 1.50. The maximum atomic E-state index is 6.07. The molecule has 134 valence electrons. The van der Waals surface area contributed by atoms with Crippen LogP contribution in [-0.4, -0.2) is 6.04 Å². The van der Waals surface area contributed by atoms with Gasteiger partial charge in [0.1, 0.15) is 12.4 Å². The highest BCUT2D eigenvalue weighted by atomic mass is 16.5. The number of benzene rings is 2. The second kappa shape index (κ2) is 9.62. The molecule has 1 saturated carbocycles. The summed E-state index contributed by atoms with van der Waals surface area (Å²) >= 11 is 0. The monoisotopic (exact) mass is 337 g/mol. The fourth-order valence-corrected chi connectivity index (χ4v) is 3.82. The van der Waals surface area contributed by atoms with E-state index < -0.39 is 0 Å². The van der Waals surface area contributed by atoms with Crippen LogP contribution in [0, 0.1) is 5.92 Å². The largest absolute Gasteiger partial charge is 0.489 e. The van der Waals surface area contributed by atoms with Gasteiger partial charge in [0.15, 0.2) is 0 Å². The smallest absolute Gasteiger partial charge is 0.124 e. The molecule has 0 aliphatic heterocycles. The van der Waals surface area contributed by atoms with Crippen molar-refractivity contribution in [2.24, 2.45) is 5.92 Å². The summed E-state index contributed by atoms with van der Waals surface area (Å²) < 4.78 is 6.07. The second-order valence-corrected chi connectivity index (χ2v) is 7.40. The molecular formula is C23H31NO. The Kier molecular flexibility index (Phi) is 6.93. The van der Waals surface area contributed by atoms with Crippen LogP contribution in [0.2, 0.25) is 0 Å².